The van der Waals surface area contributed by atoms with Crippen LogP contribution in [0.4, 0.5) is 0 Å². The standard InChI is InChI=1S/C15H25NO2/c1-11(16-12(2)10-13(3)17)4-5-14-6-8-15(18)9-7-14/h6-9,11-13,16-18H,4-5,10H2,1-3H3. The van der Waals surface area contributed by atoms with Gasteiger partial charge in [-0.3, -0.25) is 0 Å². The zero-order valence-electron chi connectivity index (χ0n) is 11.6. The van der Waals surface area contributed by atoms with Crippen LogP contribution in [0.15, 0.2) is 24.3 Å². The summed E-state index contributed by atoms with van der Waals surface area (Å²) in [5.74, 6) is 0.315. The smallest absolute Gasteiger partial charge is 0.115 e. The summed E-state index contributed by atoms with van der Waals surface area (Å²) < 4.78 is 0. The highest BCUT2D eigenvalue weighted by Crippen LogP contribution is 2.12. The molecule has 0 radical (unpaired) electrons. The van der Waals surface area contributed by atoms with Crippen molar-refractivity contribution in [2.75, 3.05) is 0 Å². The second-order valence-corrected chi connectivity index (χ2v) is 5.26. The fourth-order valence-electron chi connectivity index (χ4n) is 2.19. The first-order valence-electron chi connectivity index (χ1n) is 6.69. The number of hydrogen-bond acceptors (Lipinski definition) is 3. The van der Waals surface area contributed by atoms with E-state index in [0.29, 0.717) is 17.8 Å². The van der Waals surface area contributed by atoms with Crippen molar-refractivity contribution in [3.8, 4) is 5.75 Å². The van der Waals surface area contributed by atoms with E-state index in [-0.39, 0.29) is 6.10 Å². The average Bonchev–Trinajstić information content (AvgIpc) is 2.27. The lowest BCUT2D eigenvalue weighted by Gasteiger charge is -2.21. The Labute approximate surface area is 110 Å². The van der Waals surface area contributed by atoms with Crippen LogP contribution in [-0.2, 0) is 6.42 Å². The Morgan fingerprint density at radius 2 is 1.67 bits per heavy atom. The van der Waals surface area contributed by atoms with Gasteiger partial charge in [0.1, 0.15) is 5.75 Å². The Morgan fingerprint density at radius 1 is 1.06 bits per heavy atom. The van der Waals surface area contributed by atoms with Crippen LogP contribution >= 0.6 is 0 Å². The molecule has 0 aliphatic heterocycles. The van der Waals surface area contributed by atoms with Crippen LogP contribution in [0.25, 0.3) is 0 Å². The molecule has 0 aliphatic carbocycles. The summed E-state index contributed by atoms with van der Waals surface area (Å²) >= 11 is 0. The summed E-state index contributed by atoms with van der Waals surface area (Å²) in [6.07, 6.45) is 2.57. The first kappa shape index (κ1) is 15.0. The van der Waals surface area contributed by atoms with Gasteiger partial charge in [-0.1, -0.05) is 12.1 Å². The SMILES string of the molecule is CC(O)CC(C)NC(C)CCc1ccc(O)cc1. The van der Waals surface area contributed by atoms with Crippen LogP contribution in [-0.4, -0.2) is 28.4 Å². The molecule has 0 aromatic heterocycles. The molecule has 1 rings (SSSR count). The lowest BCUT2D eigenvalue weighted by Crippen LogP contribution is -2.36. The first-order valence-corrected chi connectivity index (χ1v) is 6.69. The molecule has 3 N–H and O–H groups in total. The molecular formula is C15H25NO2. The quantitative estimate of drug-likeness (QED) is 0.698. The maximum absolute atomic E-state index is 9.31. The van der Waals surface area contributed by atoms with Crippen LogP contribution < -0.4 is 5.32 Å². The van der Waals surface area contributed by atoms with Crippen molar-refractivity contribution in [1.29, 1.82) is 0 Å². The molecule has 0 amide bonds. The number of aliphatic hydroxyl groups is 1. The number of benzene rings is 1. The van der Waals surface area contributed by atoms with Gasteiger partial charge in [0.25, 0.3) is 0 Å². The summed E-state index contributed by atoms with van der Waals surface area (Å²) in [7, 11) is 0. The van der Waals surface area contributed by atoms with Gasteiger partial charge in [0.05, 0.1) is 6.10 Å². The van der Waals surface area contributed by atoms with Gasteiger partial charge in [-0.15, -0.1) is 0 Å². The number of aliphatic hydroxyl groups excluding tert-OH is 1. The molecule has 102 valence electrons. The summed E-state index contributed by atoms with van der Waals surface area (Å²) in [5, 5.41) is 22.0. The third-order valence-corrected chi connectivity index (χ3v) is 3.07. The molecule has 1 aromatic rings. The Kier molecular flexibility index (Phi) is 6.16. The normalized spacial score (nSPS) is 16.2. The lowest BCUT2D eigenvalue weighted by atomic mass is 10.0. The third kappa shape index (κ3) is 6.03. The maximum Gasteiger partial charge on any atom is 0.115 e. The zero-order valence-corrected chi connectivity index (χ0v) is 11.6. The van der Waals surface area contributed by atoms with Crippen molar-refractivity contribution in [2.45, 2.75) is 58.2 Å². The van der Waals surface area contributed by atoms with Crippen LogP contribution in [0, 0.1) is 0 Å². The highest BCUT2D eigenvalue weighted by molar-refractivity contribution is 5.25. The molecule has 0 fully saturated rings. The molecule has 0 bridgehead atoms. The fraction of sp³-hybridized carbons (Fsp3) is 0.600. The van der Waals surface area contributed by atoms with E-state index >= 15 is 0 Å². The minimum Gasteiger partial charge on any atom is -0.508 e. The van der Waals surface area contributed by atoms with Gasteiger partial charge >= 0.3 is 0 Å². The van der Waals surface area contributed by atoms with Crippen molar-refractivity contribution >= 4 is 0 Å². The van der Waals surface area contributed by atoms with Gasteiger partial charge < -0.3 is 15.5 Å². The van der Waals surface area contributed by atoms with E-state index < -0.39 is 0 Å². The molecule has 0 saturated carbocycles. The third-order valence-electron chi connectivity index (χ3n) is 3.07. The molecule has 0 heterocycles. The lowest BCUT2D eigenvalue weighted by molar-refractivity contribution is 0.168. The number of phenolic OH excluding ortho intramolecular Hbond substituents is 1. The minimum absolute atomic E-state index is 0.253. The maximum atomic E-state index is 9.31. The van der Waals surface area contributed by atoms with Crippen LogP contribution in [0.5, 0.6) is 5.75 Å². The van der Waals surface area contributed by atoms with Crippen LogP contribution in [0.3, 0.4) is 0 Å². The van der Waals surface area contributed by atoms with E-state index in [1.165, 1.54) is 5.56 Å². The molecule has 3 heteroatoms. The molecular weight excluding hydrogens is 226 g/mol. The van der Waals surface area contributed by atoms with Crippen LogP contribution in [0.2, 0.25) is 0 Å². The van der Waals surface area contributed by atoms with Crippen molar-refractivity contribution in [2.24, 2.45) is 0 Å². The second kappa shape index (κ2) is 7.39. The topological polar surface area (TPSA) is 52.5 Å². The molecule has 1 aromatic carbocycles. The number of hydrogen-bond donors (Lipinski definition) is 3. The fourth-order valence-corrected chi connectivity index (χ4v) is 2.19. The van der Waals surface area contributed by atoms with Crippen molar-refractivity contribution in [3.05, 3.63) is 29.8 Å². The Bertz CT molecular complexity index is 335. The summed E-state index contributed by atoms with van der Waals surface area (Å²) in [5.41, 5.74) is 1.24. The molecule has 18 heavy (non-hydrogen) atoms. The van der Waals surface area contributed by atoms with E-state index in [9.17, 15) is 10.2 Å². The summed E-state index contributed by atoms with van der Waals surface area (Å²) in [6, 6.07) is 8.13. The number of phenols is 1. The Hall–Kier alpha value is -1.06. The van der Waals surface area contributed by atoms with E-state index in [1.54, 1.807) is 12.1 Å². The summed E-state index contributed by atoms with van der Waals surface area (Å²) in [6.45, 7) is 6.09. The molecule has 0 aliphatic rings. The van der Waals surface area contributed by atoms with Crippen molar-refractivity contribution < 1.29 is 10.2 Å². The monoisotopic (exact) mass is 251 g/mol. The highest BCUT2D eigenvalue weighted by atomic mass is 16.3. The second-order valence-electron chi connectivity index (χ2n) is 5.26. The van der Waals surface area contributed by atoms with Gasteiger partial charge in [0.2, 0.25) is 0 Å². The predicted octanol–water partition coefficient (Wildman–Crippen LogP) is 2.46. The van der Waals surface area contributed by atoms with E-state index in [1.807, 2.05) is 19.1 Å². The molecule has 3 unspecified atom stereocenters. The van der Waals surface area contributed by atoms with E-state index in [4.69, 9.17) is 0 Å². The number of rotatable bonds is 7. The highest BCUT2D eigenvalue weighted by Gasteiger charge is 2.09. The largest absolute Gasteiger partial charge is 0.508 e. The number of aryl methyl sites for hydroxylation is 1. The zero-order chi connectivity index (χ0) is 13.5. The number of aromatic hydroxyl groups is 1. The van der Waals surface area contributed by atoms with Crippen molar-refractivity contribution in [3.63, 3.8) is 0 Å². The molecule has 0 saturated heterocycles. The minimum atomic E-state index is -0.253. The van der Waals surface area contributed by atoms with Crippen molar-refractivity contribution in [1.82, 2.24) is 5.32 Å². The molecule has 0 spiro atoms. The Balaban J connectivity index is 2.28. The number of nitrogens with one attached hydrogen (secondary N) is 1. The van der Waals surface area contributed by atoms with E-state index in [2.05, 4.69) is 19.2 Å². The summed E-state index contributed by atoms with van der Waals surface area (Å²) in [4.78, 5) is 0. The Morgan fingerprint density at radius 3 is 2.22 bits per heavy atom. The molecule has 3 atom stereocenters. The van der Waals surface area contributed by atoms with Gasteiger partial charge in [-0.05, 0) is 57.7 Å². The van der Waals surface area contributed by atoms with E-state index in [0.717, 1.165) is 19.3 Å². The predicted molar refractivity (Wildman–Crippen MR) is 74.8 cm³/mol. The van der Waals surface area contributed by atoms with Gasteiger partial charge in [0.15, 0.2) is 0 Å². The average molecular weight is 251 g/mol. The van der Waals surface area contributed by atoms with Gasteiger partial charge in [-0.25, -0.2) is 0 Å². The van der Waals surface area contributed by atoms with Gasteiger partial charge in [0, 0.05) is 12.1 Å². The first-order chi connectivity index (χ1) is 8.47. The van der Waals surface area contributed by atoms with Gasteiger partial charge in [-0.2, -0.15) is 0 Å². The molecule has 3 nitrogen and oxygen atoms in total. The van der Waals surface area contributed by atoms with Crippen LogP contribution in [0.1, 0.15) is 39.2 Å².